The fraction of sp³-hybridized carbons (Fsp3) is 0.600. The lowest BCUT2D eigenvalue weighted by Crippen LogP contribution is -2.26. The SMILES string of the molecule is CC(N)CNc1cc(=O)[nH]c(C(C)C)n1. The zero-order valence-corrected chi connectivity index (χ0v) is 9.37. The highest BCUT2D eigenvalue weighted by Crippen LogP contribution is 2.08. The first-order valence-electron chi connectivity index (χ1n) is 5.09. The van der Waals surface area contributed by atoms with Crippen LogP contribution in [0.4, 0.5) is 5.82 Å². The Morgan fingerprint density at radius 1 is 1.53 bits per heavy atom. The third kappa shape index (κ3) is 3.71. The Balaban J connectivity index is 2.84. The molecule has 0 aliphatic rings. The lowest BCUT2D eigenvalue weighted by atomic mass is 10.2. The molecule has 5 nitrogen and oxygen atoms in total. The van der Waals surface area contributed by atoms with E-state index in [-0.39, 0.29) is 17.5 Å². The van der Waals surface area contributed by atoms with Crippen LogP contribution in [0.5, 0.6) is 0 Å². The van der Waals surface area contributed by atoms with Crippen LogP contribution in [0.3, 0.4) is 0 Å². The van der Waals surface area contributed by atoms with Crippen LogP contribution in [0.1, 0.15) is 32.5 Å². The van der Waals surface area contributed by atoms with Crippen molar-refractivity contribution < 1.29 is 0 Å². The van der Waals surface area contributed by atoms with Gasteiger partial charge < -0.3 is 16.0 Å². The summed E-state index contributed by atoms with van der Waals surface area (Å²) in [6, 6.07) is 1.47. The summed E-state index contributed by atoms with van der Waals surface area (Å²) in [7, 11) is 0. The number of nitrogens with zero attached hydrogens (tertiary/aromatic N) is 1. The van der Waals surface area contributed by atoms with E-state index < -0.39 is 0 Å². The van der Waals surface area contributed by atoms with Gasteiger partial charge in [-0.1, -0.05) is 13.8 Å². The fourth-order valence-corrected chi connectivity index (χ4v) is 1.11. The minimum atomic E-state index is -0.138. The number of anilines is 1. The van der Waals surface area contributed by atoms with E-state index in [2.05, 4.69) is 15.3 Å². The topological polar surface area (TPSA) is 83.8 Å². The Hall–Kier alpha value is -1.36. The summed E-state index contributed by atoms with van der Waals surface area (Å²) in [6.45, 7) is 6.46. The number of rotatable bonds is 4. The molecule has 15 heavy (non-hydrogen) atoms. The lowest BCUT2D eigenvalue weighted by Gasteiger charge is -2.10. The molecule has 0 aliphatic heterocycles. The molecule has 0 amide bonds. The number of aromatic nitrogens is 2. The van der Waals surface area contributed by atoms with Gasteiger partial charge in [0.05, 0.1) is 0 Å². The minimum absolute atomic E-state index is 0.0357. The summed E-state index contributed by atoms with van der Waals surface area (Å²) in [4.78, 5) is 18.3. The van der Waals surface area contributed by atoms with Crippen molar-refractivity contribution in [3.63, 3.8) is 0 Å². The zero-order chi connectivity index (χ0) is 11.4. The van der Waals surface area contributed by atoms with Gasteiger partial charge in [0.2, 0.25) is 0 Å². The van der Waals surface area contributed by atoms with Crippen molar-refractivity contribution in [1.29, 1.82) is 0 Å². The van der Waals surface area contributed by atoms with Crippen molar-refractivity contribution in [2.45, 2.75) is 32.7 Å². The average Bonchev–Trinajstić information content (AvgIpc) is 2.13. The molecule has 1 aromatic rings. The molecule has 5 heteroatoms. The molecule has 0 spiro atoms. The number of nitrogens with two attached hydrogens (primary N) is 1. The van der Waals surface area contributed by atoms with Crippen molar-refractivity contribution in [2.75, 3.05) is 11.9 Å². The Bertz CT molecular complexity index is 370. The molecule has 0 radical (unpaired) electrons. The Kier molecular flexibility index (Phi) is 3.85. The number of aromatic amines is 1. The quantitative estimate of drug-likeness (QED) is 0.681. The highest BCUT2D eigenvalue weighted by Gasteiger charge is 2.05. The van der Waals surface area contributed by atoms with Crippen LogP contribution < -0.4 is 16.6 Å². The maximum Gasteiger partial charge on any atom is 0.252 e. The van der Waals surface area contributed by atoms with Gasteiger partial charge >= 0.3 is 0 Å². The molecule has 0 saturated carbocycles. The molecule has 1 unspecified atom stereocenters. The summed E-state index contributed by atoms with van der Waals surface area (Å²) in [5.74, 6) is 1.48. The van der Waals surface area contributed by atoms with Gasteiger partial charge in [0, 0.05) is 24.6 Å². The summed E-state index contributed by atoms with van der Waals surface area (Å²) in [6.07, 6.45) is 0. The van der Waals surface area contributed by atoms with Crippen LogP contribution in [-0.4, -0.2) is 22.6 Å². The molecule has 0 bridgehead atoms. The van der Waals surface area contributed by atoms with Crippen molar-refractivity contribution in [3.8, 4) is 0 Å². The molecule has 1 heterocycles. The van der Waals surface area contributed by atoms with Gasteiger partial charge in [-0.05, 0) is 6.92 Å². The molecule has 0 saturated heterocycles. The molecule has 4 N–H and O–H groups in total. The van der Waals surface area contributed by atoms with Gasteiger partial charge in [-0.2, -0.15) is 0 Å². The Morgan fingerprint density at radius 2 is 2.20 bits per heavy atom. The van der Waals surface area contributed by atoms with E-state index in [1.165, 1.54) is 6.07 Å². The van der Waals surface area contributed by atoms with Gasteiger partial charge in [0.25, 0.3) is 5.56 Å². The van der Waals surface area contributed by atoms with Gasteiger partial charge in [0.1, 0.15) is 11.6 Å². The van der Waals surface area contributed by atoms with Gasteiger partial charge in [-0.3, -0.25) is 4.79 Å². The average molecular weight is 210 g/mol. The Labute approximate surface area is 89.1 Å². The van der Waals surface area contributed by atoms with Crippen LogP contribution in [0, 0.1) is 0 Å². The van der Waals surface area contributed by atoms with Gasteiger partial charge in [0.15, 0.2) is 0 Å². The molecule has 0 aliphatic carbocycles. The third-order valence-corrected chi connectivity index (χ3v) is 1.91. The predicted octanol–water partition coefficient (Wildman–Crippen LogP) is 0.652. The van der Waals surface area contributed by atoms with E-state index in [0.717, 1.165) is 0 Å². The first-order valence-corrected chi connectivity index (χ1v) is 5.09. The van der Waals surface area contributed by atoms with Crippen LogP contribution in [0.15, 0.2) is 10.9 Å². The molecule has 1 aromatic heterocycles. The van der Waals surface area contributed by atoms with E-state index in [1.807, 2.05) is 20.8 Å². The maximum atomic E-state index is 11.3. The summed E-state index contributed by atoms with van der Waals surface area (Å²) in [5.41, 5.74) is 5.46. The largest absolute Gasteiger partial charge is 0.368 e. The van der Waals surface area contributed by atoms with E-state index in [1.54, 1.807) is 0 Å². The number of hydrogen-bond donors (Lipinski definition) is 3. The van der Waals surface area contributed by atoms with Crippen molar-refractivity contribution in [2.24, 2.45) is 5.73 Å². The predicted molar refractivity (Wildman–Crippen MR) is 61.1 cm³/mol. The van der Waals surface area contributed by atoms with E-state index in [0.29, 0.717) is 18.2 Å². The van der Waals surface area contributed by atoms with Gasteiger partial charge in [-0.25, -0.2) is 4.98 Å². The summed E-state index contributed by atoms with van der Waals surface area (Å²) in [5, 5.41) is 3.02. The number of H-pyrrole nitrogens is 1. The molecule has 0 fully saturated rings. The normalized spacial score (nSPS) is 12.9. The molecule has 1 atom stereocenters. The monoisotopic (exact) mass is 210 g/mol. The second-order valence-electron chi connectivity index (χ2n) is 4.03. The summed E-state index contributed by atoms with van der Waals surface area (Å²) >= 11 is 0. The molecule has 1 rings (SSSR count). The van der Waals surface area contributed by atoms with Gasteiger partial charge in [-0.15, -0.1) is 0 Å². The van der Waals surface area contributed by atoms with Crippen LogP contribution in [0.2, 0.25) is 0 Å². The molecular weight excluding hydrogens is 192 g/mol. The summed E-state index contributed by atoms with van der Waals surface area (Å²) < 4.78 is 0. The fourth-order valence-electron chi connectivity index (χ4n) is 1.11. The van der Waals surface area contributed by atoms with Crippen molar-refractivity contribution in [1.82, 2.24) is 9.97 Å². The highest BCUT2D eigenvalue weighted by molar-refractivity contribution is 5.33. The molecule has 0 aromatic carbocycles. The first kappa shape index (κ1) is 11.7. The van der Waals surface area contributed by atoms with Crippen LogP contribution in [-0.2, 0) is 0 Å². The van der Waals surface area contributed by atoms with Crippen LogP contribution in [0.25, 0.3) is 0 Å². The maximum absolute atomic E-state index is 11.3. The smallest absolute Gasteiger partial charge is 0.252 e. The van der Waals surface area contributed by atoms with Crippen LogP contribution >= 0.6 is 0 Å². The first-order chi connectivity index (χ1) is 6.99. The Morgan fingerprint density at radius 3 is 2.73 bits per heavy atom. The van der Waals surface area contributed by atoms with E-state index in [9.17, 15) is 4.79 Å². The highest BCUT2D eigenvalue weighted by atomic mass is 16.1. The van der Waals surface area contributed by atoms with Crippen molar-refractivity contribution in [3.05, 3.63) is 22.2 Å². The second-order valence-corrected chi connectivity index (χ2v) is 4.03. The van der Waals surface area contributed by atoms with Crippen molar-refractivity contribution >= 4 is 5.82 Å². The third-order valence-electron chi connectivity index (χ3n) is 1.91. The van der Waals surface area contributed by atoms with E-state index in [4.69, 9.17) is 5.73 Å². The molecular formula is C10H18N4O. The minimum Gasteiger partial charge on any atom is -0.368 e. The standard InChI is InChI=1S/C10H18N4O/c1-6(2)10-13-8(4-9(15)14-10)12-5-7(3)11/h4,6-7H,5,11H2,1-3H3,(H2,12,13,14,15). The number of hydrogen-bond acceptors (Lipinski definition) is 4. The zero-order valence-electron chi connectivity index (χ0n) is 9.37. The lowest BCUT2D eigenvalue weighted by molar-refractivity contribution is 0.752. The molecule has 84 valence electrons. The number of nitrogens with one attached hydrogen (secondary N) is 2. The van der Waals surface area contributed by atoms with E-state index >= 15 is 0 Å². The second kappa shape index (κ2) is 4.93.